The van der Waals surface area contributed by atoms with Crippen LogP contribution >= 0.6 is 23.1 Å². The predicted octanol–water partition coefficient (Wildman–Crippen LogP) is 3.67. The number of carboxylic acids is 1. The van der Waals surface area contributed by atoms with Gasteiger partial charge in [-0.3, -0.25) is 9.59 Å². The Labute approximate surface area is 156 Å². The third-order valence-corrected chi connectivity index (χ3v) is 6.19. The number of carbonyl (C=O) groups excluding carboxylic acids is 1. The zero-order valence-electron chi connectivity index (χ0n) is 15.1. The fourth-order valence-electron chi connectivity index (χ4n) is 2.29. The molecule has 1 N–H and O–H groups in total. The zero-order valence-corrected chi connectivity index (χ0v) is 16.8. The van der Waals surface area contributed by atoms with Gasteiger partial charge in [-0.05, 0) is 50.2 Å². The van der Waals surface area contributed by atoms with E-state index in [0.717, 1.165) is 15.9 Å². The molecule has 0 aliphatic carbocycles. The van der Waals surface area contributed by atoms with Crippen LogP contribution in [0.15, 0.2) is 16.9 Å². The summed E-state index contributed by atoms with van der Waals surface area (Å²) in [6.07, 6.45) is 1.94. The number of thioether (sulfide) groups is 1. The van der Waals surface area contributed by atoms with Gasteiger partial charge < -0.3 is 14.4 Å². The quantitative estimate of drug-likeness (QED) is 0.757. The van der Waals surface area contributed by atoms with Gasteiger partial charge in [0.05, 0.1) is 17.6 Å². The third-order valence-electron chi connectivity index (χ3n) is 4.35. The Morgan fingerprint density at radius 3 is 2.40 bits per heavy atom. The van der Waals surface area contributed by atoms with Crippen LogP contribution in [0.2, 0.25) is 0 Å². The lowest BCUT2D eigenvalue weighted by Crippen LogP contribution is -2.41. The molecule has 1 aromatic heterocycles. The molecule has 8 heteroatoms. The lowest BCUT2D eigenvalue weighted by Gasteiger charge is -2.32. The Morgan fingerprint density at radius 2 is 1.88 bits per heavy atom. The monoisotopic (exact) mass is 382 g/mol. The zero-order chi connectivity index (χ0) is 18.8. The third kappa shape index (κ3) is 5.20. The molecule has 0 unspecified atom stereocenters. The molecule has 1 aliphatic heterocycles. The van der Waals surface area contributed by atoms with E-state index in [1.807, 2.05) is 45.2 Å². The van der Waals surface area contributed by atoms with Crippen LogP contribution in [0.5, 0.6) is 0 Å². The molecule has 1 aliphatic rings. The molecule has 5 nitrogen and oxygen atoms in total. The highest BCUT2D eigenvalue weighted by atomic mass is 32.2. The maximum atomic E-state index is 11.4. The molecule has 0 aromatic carbocycles. The summed E-state index contributed by atoms with van der Waals surface area (Å²) < 4.78 is 12.2. The molecule has 0 atom stereocenters. The number of rotatable bonds is 6. The van der Waals surface area contributed by atoms with Crippen molar-refractivity contribution in [3.8, 4) is 0 Å². The van der Waals surface area contributed by atoms with Crippen LogP contribution in [-0.2, 0) is 25.3 Å². The fraction of sp³-hybridized carbons (Fsp3) is 0.529. The van der Waals surface area contributed by atoms with Gasteiger partial charge in [0.25, 0.3) is 0 Å². The predicted molar refractivity (Wildman–Crippen MR) is 103 cm³/mol. The summed E-state index contributed by atoms with van der Waals surface area (Å²) in [5.74, 6) is -0.383. The van der Waals surface area contributed by atoms with Gasteiger partial charge in [0, 0.05) is 17.6 Å². The molecular weight excluding hydrogens is 359 g/mol. The highest BCUT2D eigenvalue weighted by Crippen LogP contribution is 2.39. The van der Waals surface area contributed by atoms with E-state index in [9.17, 15) is 9.59 Å². The lowest BCUT2D eigenvalue weighted by atomic mass is 9.78. The maximum absolute atomic E-state index is 11.4. The van der Waals surface area contributed by atoms with Gasteiger partial charge in [0.1, 0.15) is 0 Å². The Bertz CT molecular complexity index is 677. The molecule has 0 spiro atoms. The van der Waals surface area contributed by atoms with E-state index in [1.165, 1.54) is 30.0 Å². The average Bonchev–Trinajstić information content (AvgIpc) is 2.96. The molecule has 0 saturated carbocycles. The lowest BCUT2D eigenvalue weighted by molar-refractivity contribution is -0.136. The van der Waals surface area contributed by atoms with Crippen LogP contribution in [-0.4, -0.2) is 40.3 Å². The molecule has 2 rings (SSSR count). The first-order valence-electron chi connectivity index (χ1n) is 7.99. The largest absolute Gasteiger partial charge is 0.491 e. The average molecular weight is 382 g/mol. The molecule has 0 bridgehead atoms. The SMILES string of the molecule is CC(=O)SCC(=Cc1csc(CC(=O)O)c1)B1OC(C)(C)C(C)(C)O1. The second-order valence-electron chi connectivity index (χ2n) is 7.00. The van der Waals surface area contributed by atoms with Crippen LogP contribution in [0.1, 0.15) is 45.1 Å². The van der Waals surface area contributed by atoms with E-state index in [2.05, 4.69) is 0 Å². The van der Waals surface area contributed by atoms with Crippen molar-refractivity contribution in [2.75, 3.05) is 5.75 Å². The van der Waals surface area contributed by atoms with Gasteiger partial charge in [0.15, 0.2) is 5.12 Å². The van der Waals surface area contributed by atoms with Gasteiger partial charge in [-0.2, -0.15) is 0 Å². The molecule has 136 valence electrons. The van der Waals surface area contributed by atoms with Crippen LogP contribution in [0.3, 0.4) is 0 Å². The van der Waals surface area contributed by atoms with E-state index in [0.29, 0.717) is 5.75 Å². The summed E-state index contributed by atoms with van der Waals surface area (Å²) in [4.78, 5) is 23.0. The maximum Gasteiger partial charge on any atom is 0.491 e. The number of hydrogen-bond acceptors (Lipinski definition) is 6. The second kappa shape index (κ2) is 7.66. The minimum absolute atomic E-state index is 0.00647. The van der Waals surface area contributed by atoms with Gasteiger partial charge in [-0.25, -0.2) is 0 Å². The first-order chi connectivity index (χ1) is 11.5. The van der Waals surface area contributed by atoms with Crippen molar-refractivity contribution in [2.45, 2.75) is 52.2 Å². The van der Waals surface area contributed by atoms with Crippen molar-refractivity contribution in [3.63, 3.8) is 0 Å². The van der Waals surface area contributed by atoms with E-state index >= 15 is 0 Å². The van der Waals surface area contributed by atoms with Crippen molar-refractivity contribution in [1.82, 2.24) is 0 Å². The molecule has 25 heavy (non-hydrogen) atoms. The Kier molecular flexibility index (Phi) is 6.19. The summed E-state index contributed by atoms with van der Waals surface area (Å²) in [6, 6.07) is 1.85. The minimum Gasteiger partial charge on any atom is -0.481 e. The van der Waals surface area contributed by atoms with Gasteiger partial charge in [-0.1, -0.05) is 17.8 Å². The number of hydrogen-bond donors (Lipinski definition) is 1. The van der Waals surface area contributed by atoms with Gasteiger partial charge in [0.2, 0.25) is 0 Å². The smallest absolute Gasteiger partial charge is 0.481 e. The number of thiophene rings is 1. The molecular formula is C17H23BO5S2. The Balaban J connectivity index is 2.25. The summed E-state index contributed by atoms with van der Waals surface area (Å²) >= 11 is 2.61. The summed E-state index contributed by atoms with van der Waals surface area (Å²) in [5, 5.41) is 10.8. The van der Waals surface area contributed by atoms with E-state index < -0.39 is 24.3 Å². The second-order valence-corrected chi connectivity index (χ2v) is 9.15. The number of aliphatic carboxylic acids is 1. The first kappa shape index (κ1) is 20.2. The highest BCUT2D eigenvalue weighted by Gasteiger charge is 2.52. The van der Waals surface area contributed by atoms with Gasteiger partial charge in [-0.15, -0.1) is 11.3 Å². The molecule has 0 amide bonds. The van der Waals surface area contributed by atoms with Crippen LogP contribution in [0, 0.1) is 0 Å². The number of carboxylic acid groups (broad SMARTS) is 1. The molecule has 1 aromatic rings. The fourth-order valence-corrected chi connectivity index (χ4v) is 3.71. The Hall–Kier alpha value is -1.09. The van der Waals surface area contributed by atoms with Crippen molar-refractivity contribution in [1.29, 1.82) is 0 Å². The van der Waals surface area contributed by atoms with Crippen molar-refractivity contribution < 1.29 is 24.0 Å². The highest BCUT2D eigenvalue weighted by molar-refractivity contribution is 8.13. The molecule has 2 heterocycles. The molecule has 1 saturated heterocycles. The topological polar surface area (TPSA) is 72.8 Å². The van der Waals surface area contributed by atoms with Crippen LogP contribution in [0.25, 0.3) is 6.08 Å². The van der Waals surface area contributed by atoms with E-state index in [1.54, 1.807) is 0 Å². The van der Waals surface area contributed by atoms with E-state index in [-0.39, 0.29) is 11.5 Å². The van der Waals surface area contributed by atoms with Crippen molar-refractivity contribution in [2.24, 2.45) is 0 Å². The van der Waals surface area contributed by atoms with Crippen molar-refractivity contribution >= 4 is 47.4 Å². The van der Waals surface area contributed by atoms with Crippen LogP contribution < -0.4 is 0 Å². The first-order valence-corrected chi connectivity index (χ1v) is 9.85. The molecule has 0 radical (unpaired) electrons. The number of carbonyl (C=O) groups is 2. The Morgan fingerprint density at radius 1 is 1.28 bits per heavy atom. The summed E-state index contributed by atoms with van der Waals surface area (Å²) in [6.45, 7) is 9.47. The summed E-state index contributed by atoms with van der Waals surface area (Å²) in [5.41, 5.74) is 0.843. The standard InChI is InChI=1S/C17H23BO5S2/c1-11(19)24-10-13(18-22-16(2,3)17(4,5)23-18)6-12-7-14(25-9-12)8-15(20)21/h6-7,9H,8,10H2,1-5H3,(H,20,21). The van der Waals surface area contributed by atoms with Crippen molar-refractivity contribution in [3.05, 3.63) is 27.4 Å². The molecule has 1 fully saturated rings. The van der Waals surface area contributed by atoms with E-state index in [4.69, 9.17) is 14.4 Å². The normalized spacial score (nSPS) is 19.2. The van der Waals surface area contributed by atoms with Gasteiger partial charge >= 0.3 is 13.1 Å². The van der Waals surface area contributed by atoms with Crippen LogP contribution in [0.4, 0.5) is 0 Å². The minimum atomic E-state index is -0.851. The summed E-state index contributed by atoms with van der Waals surface area (Å²) in [7, 11) is -0.528.